The van der Waals surface area contributed by atoms with Gasteiger partial charge in [-0.1, -0.05) is 114 Å². The van der Waals surface area contributed by atoms with Crippen LogP contribution in [0.15, 0.2) is 213 Å². The van der Waals surface area contributed by atoms with Crippen LogP contribution in [0.4, 0.5) is 11.6 Å². The topological polar surface area (TPSA) is 305 Å². The van der Waals surface area contributed by atoms with Gasteiger partial charge in [0.15, 0.2) is 34.0 Å². The number of rotatable bonds is 28. The molecule has 510 valence electrons. The maximum atomic E-state index is 16.3. The lowest BCUT2D eigenvalue weighted by atomic mass is 9.80. The van der Waals surface area contributed by atoms with Crippen molar-refractivity contribution >= 4 is 84.6 Å². The molecule has 4 aromatic heterocycles. The second-order valence-electron chi connectivity index (χ2n) is 22.6. The van der Waals surface area contributed by atoms with Gasteiger partial charge in [0.05, 0.1) is 59.2 Å². The molecule has 2 aliphatic rings. The summed E-state index contributed by atoms with van der Waals surface area (Å²) in [5, 5.41) is 15.9. The molecule has 7 aromatic carbocycles. The number of nitrogens with zero attached hydrogens (tertiary/aromatic N) is 9. The van der Waals surface area contributed by atoms with Gasteiger partial charge in [0.25, 0.3) is 11.8 Å². The van der Waals surface area contributed by atoms with Crippen molar-refractivity contribution in [3.05, 3.63) is 251 Å². The number of aromatic nitrogens is 8. The molecule has 26 nitrogen and oxygen atoms in total. The summed E-state index contributed by atoms with van der Waals surface area (Å²) in [5.74, 6) is 0.558. The number of nitrogens with one attached hydrogen (secondary N) is 2. The number of nitriles is 1. The number of phosphoric acid groups is 2. The van der Waals surface area contributed by atoms with E-state index in [4.69, 9.17) is 74.0 Å². The van der Waals surface area contributed by atoms with Crippen LogP contribution < -0.4 is 29.2 Å². The lowest BCUT2D eigenvalue weighted by molar-refractivity contribution is -0.0936. The number of hydrogen-bond acceptors (Lipinski definition) is 22. The second kappa shape index (κ2) is 30.7. The molecule has 6 heterocycles. The fourth-order valence-corrected chi connectivity index (χ4v) is 14.6. The lowest BCUT2D eigenvalue weighted by Crippen LogP contribution is -2.38. The van der Waals surface area contributed by atoms with Crippen molar-refractivity contribution in [3.63, 3.8) is 0 Å². The molecular formula is C70H61Cl2N11O15P2. The first kappa shape index (κ1) is 68.5. The van der Waals surface area contributed by atoms with E-state index in [-0.39, 0.29) is 77.9 Å². The number of halogens is 2. The Kier molecular flexibility index (Phi) is 21.0. The smallest absolute Gasteiger partial charge is 0.497 e. The van der Waals surface area contributed by atoms with E-state index >= 15 is 9.13 Å². The third-order valence-corrected chi connectivity index (χ3v) is 19.7. The molecule has 11 aromatic rings. The Morgan fingerprint density at radius 1 is 0.540 bits per heavy atom. The Morgan fingerprint density at radius 3 is 1.39 bits per heavy atom. The average molecular weight is 1430 g/mol. The SMILES string of the molecule is COc1ccc(C(OC[C@H]2O[C@@H](n3cnc4c(NC(=O)c5ccccc5)ncnc43)C[C@@H]2OP(=O)(OC[C@H]2O[C@@H](n3cnc4c(NC(=O)c5ccccc5)ncnc43)C[C@@H]2OP(=O)(OCCC#N)Oc2ccc(Cl)cc2)Oc2ccc(Cl)cc2)(c2ccccc2)c2ccc(OC)cc2)cc1. The number of phosphoric ester groups is 2. The van der Waals surface area contributed by atoms with E-state index in [1.165, 1.54) is 73.8 Å². The van der Waals surface area contributed by atoms with E-state index < -0.39 is 76.5 Å². The zero-order valence-electron chi connectivity index (χ0n) is 53.2. The Hall–Kier alpha value is -9.97. The standard InChI is InChI=1S/C70H61Cl2N11O15P2/c1-88-52-27-19-48(20-28-52)70(47-17-10-5-11-18-47,49-21-29-53(89-2)30-22-49)90-39-58-56(37-60(93-58)82-43-78-62-64(74-41-76-66(62)82)80-68(84)45-13-6-3-7-14-45)98-100(87,96-55-33-25-51(72)26-34-55)92-40-59-57(97-99(86,91-36-12-35-73)95-54-31-23-50(71)24-32-54)38-61(94-59)83-44-79-63-65(75-42-77-67(63)83)81-69(85)46-15-8-4-9-16-46/h3-11,13-34,41-44,56-61H,12,36-40H2,1-2H3,(H,74,76,80,84)(H,75,77,81,85)/t56-,57-,58+,59+,60+,61+,99?,100?/m0/s1. The van der Waals surface area contributed by atoms with Crippen LogP contribution in [0, 0.1) is 11.3 Å². The summed E-state index contributed by atoms with van der Waals surface area (Å²) in [6, 6.07) is 55.5. The van der Waals surface area contributed by atoms with Crippen LogP contribution in [0.1, 0.15) is 69.1 Å². The Balaban J connectivity index is 0.874. The molecule has 2 N–H and O–H groups in total. The number of fused-ring (bicyclic) bond motifs is 2. The minimum atomic E-state index is -5.08. The van der Waals surface area contributed by atoms with Crippen LogP contribution in [0.2, 0.25) is 10.0 Å². The Labute approximate surface area is 582 Å². The first-order chi connectivity index (χ1) is 48.7. The predicted octanol–water partition coefficient (Wildman–Crippen LogP) is 14.2. The molecule has 2 unspecified atom stereocenters. The van der Waals surface area contributed by atoms with Gasteiger partial charge in [-0.3, -0.25) is 36.8 Å². The molecule has 0 aliphatic carbocycles. The van der Waals surface area contributed by atoms with Crippen molar-refractivity contribution in [1.29, 1.82) is 5.26 Å². The number of hydrogen-bond donors (Lipinski definition) is 2. The summed E-state index contributed by atoms with van der Waals surface area (Å²) in [6.45, 7) is -1.35. The Bertz CT molecular complexity index is 4750. The van der Waals surface area contributed by atoms with Gasteiger partial charge in [0.2, 0.25) is 0 Å². The van der Waals surface area contributed by atoms with Crippen LogP contribution in [0.3, 0.4) is 0 Å². The number of methoxy groups -OCH3 is 2. The van der Waals surface area contributed by atoms with E-state index in [1.54, 1.807) is 84.0 Å². The molecule has 2 saturated heterocycles. The van der Waals surface area contributed by atoms with E-state index in [0.29, 0.717) is 43.8 Å². The zero-order chi connectivity index (χ0) is 69.2. The summed E-state index contributed by atoms with van der Waals surface area (Å²) in [7, 11) is -6.68. The van der Waals surface area contributed by atoms with Crippen LogP contribution in [-0.4, -0.2) is 109 Å². The summed E-state index contributed by atoms with van der Waals surface area (Å²) in [4.78, 5) is 54.1. The minimum absolute atomic E-state index is 0.00462. The van der Waals surface area contributed by atoms with Crippen molar-refractivity contribution in [2.24, 2.45) is 0 Å². The minimum Gasteiger partial charge on any atom is -0.497 e. The van der Waals surface area contributed by atoms with Crippen LogP contribution in [0.5, 0.6) is 23.0 Å². The highest BCUT2D eigenvalue weighted by Crippen LogP contribution is 2.57. The average Bonchev–Trinajstić information content (AvgIpc) is 1.20. The molecule has 30 heteroatoms. The van der Waals surface area contributed by atoms with Gasteiger partial charge in [-0.2, -0.15) is 5.26 Å². The highest BCUT2D eigenvalue weighted by Gasteiger charge is 2.50. The number of carbonyl (C=O) groups is 2. The number of amides is 2. The van der Waals surface area contributed by atoms with Crippen molar-refractivity contribution in [1.82, 2.24) is 39.0 Å². The number of benzene rings is 7. The second-order valence-corrected chi connectivity index (χ2v) is 26.6. The van der Waals surface area contributed by atoms with Gasteiger partial charge in [-0.25, -0.2) is 39.0 Å². The van der Waals surface area contributed by atoms with Crippen LogP contribution >= 0.6 is 38.8 Å². The number of anilines is 2. The monoisotopic (exact) mass is 1430 g/mol. The van der Waals surface area contributed by atoms with E-state index in [2.05, 4.69) is 40.5 Å². The summed E-state index contributed by atoms with van der Waals surface area (Å²) in [5.41, 5.74) is 2.33. The number of ether oxygens (including phenoxy) is 5. The molecular weight excluding hydrogens is 1370 g/mol. The quantitative estimate of drug-likeness (QED) is 0.0261. The third-order valence-electron chi connectivity index (χ3n) is 16.3. The normalized spacial score (nSPS) is 18.7. The van der Waals surface area contributed by atoms with Crippen molar-refractivity contribution < 1.29 is 69.5 Å². The first-order valence-corrected chi connectivity index (χ1v) is 34.9. The molecule has 0 bridgehead atoms. The zero-order valence-corrected chi connectivity index (χ0v) is 56.5. The van der Waals surface area contributed by atoms with Crippen LogP contribution in [0.25, 0.3) is 22.3 Å². The molecule has 8 atom stereocenters. The van der Waals surface area contributed by atoms with E-state index in [0.717, 1.165) is 5.56 Å². The molecule has 2 amide bonds. The van der Waals surface area contributed by atoms with Gasteiger partial charge >= 0.3 is 15.6 Å². The van der Waals surface area contributed by atoms with Gasteiger partial charge < -0.3 is 43.4 Å². The summed E-state index contributed by atoms with van der Waals surface area (Å²) in [6.07, 6.45) is -2.23. The fourth-order valence-electron chi connectivity index (χ4n) is 11.5. The van der Waals surface area contributed by atoms with Gasteiger partial charge in [0.1, 0.15) is 78.1 Å². The van der Waals surface area contributed by atoms with E-state index in [1.807, 2.05) is 84.9 Å². The third kappa shape index (κ3) is 15.4. The highest BCUT2D eigenvalue weighted by atomic mass is 35.5. The molecule has 0 saturated carbocycles. The molecule has 2 fully saturated rings. The molecule has 100 heavy (non-hydrogen) atoms. The largest absolute Gasteiger partial charge is 0.530 e. The molecule has 0 spiro atoms. The van der Waals surface area contributed by atoms with Crippen molar-refractivity contribution in [2.45, 2.75) is 61.7 Å². The summed E-state index contributed by atoms with van der Waals surface area (Å²) < 4.78 is 105. The van der Waals surface area contributed by atoms with Crippen molar-refractivity contribution in [2.75, 3.05) is 44.7 Å². The molecule has 2 aliphatic heterocycles. The maximum Gasteiger partial charge on any atom is 0.530 e. The molecule has 0 radical (unpaired) electrons. The van der Waals surface area contributed by atoms with Crippen molar-refractivity contribution in [3.8, 4) is 29.1 Å². The Morgan fingerprint density at radius 2 is 0.950 bits per heavy atom. The highest BCUT2D eigenvalue weighted by molar-refractivity contribution is 7.49. The van der Waals surface area contributed by atoms with Gasteiger partial charge in [0, 0.05) is 34.0 Å². The molecule has 13 rings (SSSR count). The first-order valence-electron chi connectivity index (χ1n) is 31.2. The summed E-state index contributed by atoms with van der Waals surface area (Å²) >= 11 is 12.6. The number of carbonyl (C=O) groups excluding carboxylic acids is 2. The van der Waals surface area contributed by atoms with Crippen LogP contribution in [-0.2, 0) is 47.0 Å². The van der Waals surface area contributed by atoms with Gasteiger partial charge in [-0.05, 0) is 114 Å². The number of imidazole rings is 2. The van der Waals surface area contributed by atoms with E-state index in [9.17, 15) is 14.9 Å². The predicted molar refractivity (Wildman–Crippen MR) is 366 cm³/mol. The van der Waals surface area contributed by atoms with Gasteiger partial charge in [-0.15, -0.1) is 0 Å². The fraction of sp³-hybridized carbons (Fsp3) is 0.214. The maximum absolute atomic E-state index is 16.3. The lowest BCUT2D eigenvalue weighted by Gasteiger charge is -2.37.